The molecule has 0 spiro atoms. The lowest BCUT2D eigenvalue weighted by atomic mass is 9.72. The minimum atomic E-state index is -0.345. The van der Waals surface area contributed by atoms with Crippen molar-refractivity contribution in [1.82, 2.24) is 18.5 Å². The van der Waals surface area contributed by atoms with Gasteiger partial charge in [-0.3, -0.25) is 9.80 Å². The van der Waals surface area contributed by atoms with E-state index in [1.165, 1.54) is 34.0 Å². The number of nitrogens with zero attached hydrogens (tertiary/aromatic N) is 4. The first-order chi connectivity index (χ1) is 25.6. The van der Waals surface area contributed by atoms with Crippen LogP contribution in [-0.4, -0.2) is 158 Å². The van der Waals surface area contributed by atoms with Gasteiger partial charge in [-0.1, -0.05) is 48.5 Å². The summed E-state index contributed by atoms with van der Waals surface area (Å²) in [6.07, 6.45) is 1.52. The highest BCUT2D eigenvalue weighted by atomic mass is 32.1. The Labute approximate surface area is 310 Å². The van der Waals surface area contributed by atoms with E-state index in [-0.39, 0.29) is 31.8 Å². The average Bonchev–Trinajstić information content (AvgIpc) is 3.75. The summed E-state index contributed by atoms with van der Waals surface area (Å²) in [7, 11) is 0. The molecule has 0 fully saturated rings. The molecular formula is C39H54N4O8S. The molecule has 1 aliphatic rings. The van der Waals surface area contributed by atoms with E-state index < -0.39 is 0 Å². The van der Waals surface area contributed by atoms with Crippen LogP contribution >= 0.6 is 11.7 Å². The molecule has 284 valence electrons. The number of benzene rings is 3. The summed E-state index contributed by atoms with van der Waals surface area (Å²) in [6, 6.07) is 21.5. The first kappa shape index (κ1) is 40.3. The van der Waals surface area contributed by atoms with Gasteiger partial charge in [0.05, 0.1) is 77.8 Å². The summed E-state index contributed by atoms with van der Waals surface area (Å²) in [5.74, 6) is 0. The van der Waals surface area contributed by atoms with E-state index in [1.54, 1.807) is 0 Å². The number of aliphatic hydroxyl groups is 4. The Morgan fingerprint density at radius 1 is 0.519 bits per heavy atom. The van der Waals surface area contributed by atoms with Gasteiger partial charge in [0.15, 0.2) is 0 Å². The molecule has 0 aliphatic heterocycles. The number of ether oxygens (including phenoxy) is 4. The number of aliphatic hydroxyl groups excluding tert-OH is 4. The van der Waals surface area contributed by atoms with Gasteiger partial charge in [-0.2, -0.15) is 8.75 Å². The molecule has 5 rings (SSSR count). The standard InChI is InChI=1S/C39H54N4O8S/c44-18-12-42(13-19-45)16-24-50-28-26-48-22-10-39(11-23-49-27-29-51-25-17-43(14-20-46)15-21-47)35-6-2-1-4-33(35)34-9-8-31(30-36(34)39)32-5-3-7-37-38(32)41-52-40-37/h1-9,30,44-47H,10-29H2. The van der Waals surface area contributed by atoms with Crippen LogP contribution in [0.4, 0.5) is 0 Å². The molecule has 0 amide bonds. The van der Waals surface area contributed by atoms with Crippen LogP contribution in [0.3, 0.4) is 0 Å². The second-order valence-electron chi connectivity index (χ2n) is 12.9. The van der Waals surface area contributed by atoms with Gasteiger partial charge in [-0.15, -0.1) is 0 Å². The van der Waals surface area contributed by atoms with Crippen LogP contribution in [-0.2, 0) is 24.4 Å². The number of fused-ring (bicyclic) bond motifs is 4. The molecule has 0 saturated heterocycles. The molecule has 1 aliphatic carbocycles. The van der Waals surface area contributed by atoms with Crippen molar-refractivity contribution in [3.05, 3.63) is 71.8 Å². The van der Waals surface area contributed by atoms with Crippen molar-refractivity contribution in [1.29, 1.82) is 0 Å². The Hall–Kier alpha value is -2.92. The highest BCUT2D eigenvalue weighted by Gasteiger charge is 2.42. The summed E-state index contributed by atoms with van der Waals surface area (Å²) in [5, 5.41) is 37.0. The second kappa shape index (κ2) is 21.7. The lowest BCUT2D eigenvalue weighted by Gasteiger charge is -2.32. The van der Waals surface area contributed by atoms with Gasteiger partial charge in [-0.25, -0.2) is 0 Å². The third kappa shape index (κ3) is 10.6. The van der Waals surface area contributed by atoms with Gasteiger partial charge in [-0.05, 0) is 52.8 Å². The van der Waals surface area contributed by atoms with Crippen LogP contribution < -0.4 is 0 Å². The van der Waals surface area contributed by atoms with Crippen molar-refractivity contribution < 1.29 is 39.4 Å². The van der Waals surface area contributed by atoms with E-state index in [0.29, 0.717) is 92.1 Å². The fourth-order valence-electron chi connectivity index (χ4n) is 7.09. The van der Waals surface area contributed by atoms with Crippen molar-refractivity contribution >= 4 is 22.8 Å². The number of hydrogen-bond donors (Lipinski definition) is 4. The van der Waals surface area contributed by atoms with Crippen LogP contribution in [0.2, 0.25) is 0 Å². The number of rotatable bonds is 27. The monoisotopic (exact) mass is 738 g/mol. The van der Waals surface area contributed by atoms with Gasteiger partial charge in [0.2, 0.25) is 0 Å². The molecule has 4 N–H and O–H groups in total. The molecule has 12 nitrogen and oxygen atoms in total. The van der Waals surface area contributed by atoms with Crippen molar-refractivity contribution in [3.8, 4) is 22.3 Å². The molecule has 1 heterocycles. The van der Waals surface area contributed by atoms with E-state index in [4.69, 9.17) is 18.9 Å². The minimum Gasteiger partial charge on any atom is -0.395 e. The van der Waals surface area contributed by atoms with Gasteiger partial charge >= 0.3 is 0 Å². The summed E-state index contributed by atoms with van der Waals surface area (Å²) < 4.78 is 33.2. The molecule has 0 unspecified atom stereocenters. The van der Waals surface area contributed by atoms with Crippen LogP contribution in [0.5, 0.6) is 0 Å². The third-order valence-electron chi connectivity index (χ3n) is 9.72. The van der Waals surface area contributed by atoms with Crippen molar-refractivity contribution in [3.63, 3.8) is 0 Å². The zero-order chi connectivity index (χ0) is 36.4. The molecular weight excluding hydrogens is 685 g/mol. The van der Waals surface area contributed by atoms with E-state index in [0.717, 1.165) is 35.0 Å². The van der Waals surface area contributed by atoms with Crippen LogP contribution in [0.1, 0.15) is 24.0 Å². The molecule has 0 radical (unpaired) electrons. The van der Waals surface area contributed by atoms with Crippen LogP contribution in [0.25, 0.3) is 33.3 Å². The van der Waals surface area contributed by atoms with Crippen LogP contribution in [0, 0.1) is 0 Å². The number of aromatic nitrogens is 2. The zero-order valence-corrected chi connectivity index (χ0v) is 30.9. The molecule has 3 aromatic carbocycles. The Morgan fingerprint density at radius 3 is 1.65 bits per heavy atom. The normalized spacial score (nSPS) is 13.4. The molecule has 0 saturated carbocycles. The first-order valence-corrected chi connectivity index (χ1v) is 19.0. The summed E-state index contributed by atoms with van der Waals surface area (Å²) in [4.78, 5) is 3.94. The molecule has 0 atom stereocenters. The minimum absolute atomic E-state index is 0.0479. The lowest BCUT2D eigenvalue weighted by molar-refractivity contribution is 0.0226. The zero-order valence-electron chi connectivity index (χ0n) is 30.0. The van der Waals surface area contributed by atoms with E-state index in [2.05, 4.69) is 57.3 Å². The maximum Gasteiger partial charge on any atom is 0.112 e. The Bertz CT molecular complexity index is 1580. The maximum atomic E-state index is 9.24. The predicted octanol–water partition coefficient (Wildman–Crippen LogP) is 3.04. The Balaban J connectivity index is 1.26. The summed E-state index contributed by atoms with van der Waals surface area (Å²) in [5.41, 5.74) is 8.61. The molecule has 0 bridgehead atoms. The summed E-state index contributed by atoms with van der Waals surface area (Å²) in [6.45, 7) is 7.44. The SMILES string of the molecule is OCCN(CCO)CCOCCOCCC1(CCOCCOCCN(CCO)CCO)c2ccccc2-c2ccc(-c3cccc4nsnc34)cc21. The van der Waals surface area contributed by atoms with Crippen molar-refractivity contribution in [2.45, 2.75) is 18.3 Å². The molecule has 52 heavy (non-hydrogen) atoms. The van der Waals surface area contributed by atoms with Gasteiger partial charge in [0.1, 0.15) is 11.0 Å². The van der Waals surface area contributed by atoms with Crippen molar-refractivity contribution in [2.75, 3.05) is 119 Å². The van der Waals surface area contributed by atoms with E-state index >= 15 is 0 Å². The first-order valence-electron chi connectivity index (χ1n) is 18.3. The lowest BCUT2D eigenvalue weighted by Crippen LogP contribution is -2.33. The van der Waals surface area contributed by atoms with E-state index in [9.17, 15) is 20.4 Å². The van der Waals surface area contributed by atoms with Gasteiger partial charge < -0.3 is 39.4 Å². The Morgan fingerprint density at radius 2 is 1.06 bits per heavy atom. The van der Waals surface area contributed by atoms with Crippen LogP contribution in [0.15, 0.2) is 60.7 Å². The highest BCUT2D eigenvalue weighted by molar-refractivity contribution is 7.00. The fraction of sp³-hybridized carbons (Fsp3) is 0.538. The van der Waals surface area contributed by atoms with Gasteiger partial charge in [0.25, 0.3) is 0 Å². The molecule has 4 aromatic rings. The fourth-order valence-corrected chi connectivity index (χ4v) is 7.64. The van der Waals surface area contributed by atoms with Gasteiger partial charge in [0, 0.05) is 63.5 Å². The third-order valence-corrected chi connectivity index (χ3v) is 10.3. The highest BCUT2D eigenvalue weighted by Crippen LogP contribution is 2.53. The molecule has 13 heteroatoms. The second-order valence-corrected chi connectivity index (χ2v) is 13.4. The number of hydrogen-bond acceptors (Lipinski definition) is 13. The predicted molar refractivity (Wildman–Crippen MR) is 203 cm³/mol. The average molecular weight is 739 g/mol. The maximum absolute atomic E-state index is 9.24. The molecule has 1 aromatic heterocycles. The van der Waals surface area contributed by atoms with Crippen molar-refractivity contribution in [2.24, 2.45) is 0 Å². The smallest absolute Gasteiger partial charge is 0.112 e. The Kier molecular flexibility index (Phi) is 16.8. The topological polar surface area (TPSA) is 150 Å². The van der Waals surface area contributed by atoms with E-state index in [1.807, 2.05) is 21.9 Å². The quantitative estimate of drug-likeness (QED) is 0.0667. The largest absolute Gasteiger partial charge is 0.395 e. The summed E-state index contributed by atoms with van der Waals surface area (Å²) >= 11 is 1.23.